The highest BCUT2D eigenvalue weighted by Gasteiger charge is 2.07. The summed E-state index contributed by atoms with van der Waals surface area (Å²) in [5, 5.41) is 20.5. The predicted molar refractivity (Wildman–Crippen MR) is 67.1 cm³/mol. The van der Waals surface area contributed by atoms with Gasteiger partial charge in [0.05, 0.1) is 5.71 Å². The van der Waals surface area contributed by atoms with Crippen LogP contribution in [-0.2, 0) is 0 Å². The van der Waals surface area contributed by atoms with E-state index >= 15 is 0 Å². The summed E-state index contributed by atoms with van der Waals surface area (Å²) in [4.78, 5) is 0. The highest BCUT2D eigenvalue weighted by molar-refractivity contribution is 6.10. The molecule has 0 aromatic heterocycles. The smallest absolute Gasteiger partial charge is 0.118 e. The number of rotatable bonds is 3. The van der Waals surface area contributed by atoms with E-state index in [0.717, 1.165) is 22.4 Å². The minimum Gasteiger partial charge on any atom is -0.508 e. The Morgan fingerprint density at radius 3 is 2.44 bits per heavy atom. The van der Waals surface area contributed by atoms with Gasteiger partial charge in [-0.3, -0.25) is 5.41 Å². The number of hydrogen-bond acceptors (Lipinski definition) is 3. The molecular formula is C13H18N2O. The zero-order valence-electron chi connectivity index (χ0n) is 10.2. The molecule has 0 spiro atoms. The number of nitrogens with one attached hydrogen (secondary N) is 2. The molecule has 0 aliphatic heterocycles. The molecule has 0 atom stereocenters. The Morgan fingerprint density at radius 1 is 1.31 bits per heavy atom. The number of hydrogen-bond donors (Lipinski definition) is 3. The lowest BCUT2D eigenvalue weighted by molar-refractivity contribution is 0.471. The molecule has 1 aromatic rings. The average Bonchev–Trinajstić information content (AvgIpc) is 2.29. The zero-order valence-corrected chi connectivity index (χ0v) is 10.2. The Morgan fingerprint density at radius 2 is 1.94 bits per heavy atom. The lowest BCUT2D eigenvalue weighted by Crippen LogP contribution is -2.11. The maximum atomic E-state index is 9.42. The molecule has 0 bridgehead atoms. The Kier molecular flexibility index (Phi) is 3.72. The fourth-order valence-electron chi connectivity index (χ4n) is 1.40. The van der Waals surface area contributed by atoms with Crippen LogP contribution >= 0.6 is 0 Å². The first-order chi connectivity index (χ1) is 7.47. The van der Waals surface area contributed by atoms with Gasteiger partial charge in [-0.1, -0.05) is 0 Å². The van der Waals surface area contributed by atoms with Crippen LogP contribution in [0.1, 0.15) is 25.0 Å². The summed E-state index contributed by atoms with van der Waals surface area (Å²) in [5.74, 6) is 0.267. The highest BCUT2D eigenvalue weighted by atomic mass is 16.3. The number of allylic oxidation sites excluding steroid dienone is 2. The van der Waals surface area contributed by atoms with Crippen molar-refractivity contribution in [2.24, 2.45) is 0 Å². The molecule has 3 nitrogen and oxygen atoms in total. The number of phenolic OH excluding ortho intramolecular Hbond substituents is 1. The first-order valence-corrected chi connectivity index (χ1v) is 5.21. The van der Waals surface area contributed by atoms with E-state index in [0.29, 0.717) is 5.71 Å². The molecular weight excluding hydrogens is 200 g/mol. The minimum atomic E-state index is 0.267. The van der Waals surface area contributed by atoms with Gasteiger partial charge in [0.1, 0.15) is 5.75 Å². The van der Waals surface area contributed by atoms with E-state index in [-0.39, 0.29) is 5.75 Å². The van der Waals surface area contributed by atoms with E-state index in [2.05, 4.69) is 5.32 Å². The zero-order chi connectivity index (χ0) is 12.3. The molecule has 16 heavy (non-hydrogen) atoms. The lowest BCUT2D eigenvalue weighted by atomic mass is 10.0. The SMILES string of the molecule is CN/C(C)=C(/C)C(=N)c1ccc(O)c(C)c1. The van der Waals surface area contributed by atoms with E-state index in [1.807, 2.05) is 33.9 Å². The first-order valence-electron chi connectivity index (χ1n) is 5.21. The van der Waals surface area contributed by atoms with Gasteiger partial charge in [0.25, 0.3) is 0 Å². The highest BCUT2D eigenvalue weighted by Crippen LogP contribution is 2.19. The normalized spacial score (nSPS) is 12.0. The van der Waals surface area contributed by atoms with Crippen LogP contribution in [0.5, 0.6) is 5.75 Å². The average molecular weight is 218 g/mol. The van der Waals surface area contributed by atoms with Gasteiger partial charge in [-0.05, 0) is 50.1 Å². The molecule has 0 fully saturated rings. The lowest BCUT2D eigenvalue weighted by Gasteiger charge is -2.10. The van der Waals surface area contributed by atoms with Crippen LogP contribution in [0.25, 0.3) is 0 Å². The van der Waals surface area contributed by atoms with Gasteiger partial charge >= 0.3 is 0 Å². The third-order valence-corrected chi connectivity index (χ3v) is 2.80. The monoisotopic (exact) mass is 218 g/mol. The van der Waals surface area contributed by atoms with Crippen LogP contribution in [0.15, 0.2) is 29.5 Å². The number of phenols is 1. The van der Waals surface area contributed by atoms with Gasteiger partial charge in [-0.15, -0.1) is 0 Å². The number of aromatic hydroxyl groups is 1. The fraction of sp³-hybridized carbons (Fsp3) is 0.308. The van der Waals surface area contributed by atoms with Gasteiger partial charge < -0.3 is 10.4 Å². The van der Waals surface area contributed by atoms with Crippen molar-refractivity contribution in [3.63, 3.8) is 0 Å². The second-order valence-electron chi connectivity index (χ2n) is 3.88. The fourth-order valence-corrected chi connectivity index (χ4v) is 1.40. The van der Waals surface area contributed by atoms with E-state index in [1.165, 1.54) is 0 Å². The van der Waals surface area contributed by atoms with Crippen molar-refractivity contribution in [2.45, 2.75) is 20.8 Å². The Labute approximate surface area is 96.3 Å². The molecule has 1 aromatic carbocycles. The van der Waals surface area contributed by atoms with Crippen LogP contribution < -0.4 is 5.32 Å². The van der Waals surface area contributed by atoms with Crippen LogP contribution in [0.4, 0.5) is 0 Å². The number of benzene rings is 1. The Bertz CT molecular complexity index is 447. The van der Waals surface area contributed by atoms with Crippen molar-refractivity contribution in [1.29, 1.82) is 5.41 Å². The quantitative estimate of drug-likeness (QED) is 0.683. The van der Waals surface area contributed by atoms with Gasteiger partial charge in [0.15, 0.2) is 0 Å². The Hall–Kier alpha value is -1.77. The van der Waals surface area contributed by atoms with Crippen LogP contribution in [0.2, 0.25) is 0 Å². The van der Waals surface area contributed by atoms with Gasteiger partial charge in [0, 0.05) is 18.3 Å². The second kappa shape index (κ2) is 4.84. The third kappa shape index (κ3) is 2.42. The van der Waals surface area contributed by atoms with E-state index in [1.54, 1.807) is 12.1 Å². The molecule has 0 aliphatic carbocycles. The summed E-state index contributed by atoms with van der Waals surface area (Å²) in [5.41, 5.74) is 3.98. The van der Waals surface area contributed by atoms with Crippen molar-refractivity contribution >= 4 is 5.71 Å². The van der Waals surface area contributed by atoms with Crippen LogP contribution in [-0.4, -0.2) is 17.9 Å². The molecule has 0 aliphatic rings. The largest absolute Gasteiger partial charge is 0.508 e. The summed E-state index contributed by atoms with van der Waals surface area (Å²) in [7, 11) is 1.84. The molecule has 1 rings (SSSR count). The van der Waals surface area contributed by atoms with Crippen LogP contribution in [0.3, 0.4) is 0 Å². The van der Waals surface area contributed by atoms with Crippen molar-refractivity contribution in [1.82, 2.24) is 5.32 Å². The predicted octanol–water partition coefficient (Wildman–Crippen LogP) is 2.58. The third-order valence-electron chi connectivity index (χ3n) is 2.80. The summed E-state index contributed by atoms with van der Waals surface area (Å²) in [6.07, 6.45) is 0. The second-order valence-corrected chi connectivity index (χ2v) is 3.88. The van der Waals surface area contributed by atoms with E-state index < -0.39 is 0 Å². The maximum absolute atomic E-state index is 9.42. The summed E-state index contributed by atoms with van der Waals surface area (Å²) >= 11 is 0. The van der Waals surface area contributed by atoms with Crippen molar-refractivity contribution in [3.05, 3.63) is 40.6 Å². The van der Waals surface area contributed by atoms with Crippen LogP contribution in [0, 0.1) is 12.3 Å². The number of aryl methyl sites for hydroxylation is 1. The van der Waals surface area contributed by atoms with Crippen molar-refractivity contribution in [3.8, 4) is 5.75 Å². The molecule has 86 valence electrons. The summed E-state index contributed by atoms with van der Waals surface area (Å²) in [6, 6.07) is 5.21. The molecule has 0 unspecified atom stereocenters. The summed E-state index contributed by atoms with van der Waals surface area (Å²) < 4.78 is 0. The van der Waals surface area contributed by atoms with E-state index in [9.17, 15) is 5.11 Å². The molecule has 0 saturated heterocycles. The molecule has 0 amide bonds. The standard InChI is InChI=1S/C13H18N2O/c1-8-7-11(5-6-12(8)16)13(14)9(2)10(3)15-4/h5-7,14-16H,1-4H3/b10-9-,14-13?. The molecule has 0 radical (unpaired) electrons. The molecule has 0 heterocycles. The molecule has 3 heteroatoms. The van der Waals surface area contributed by atoms with E-state index in [4.69, 9.17) is 5.41 Å². The molecule has 0 saturated carbocycles. The van der Waals surface area contributed by atoms with Gasteiger partial charge in [0.2, 0.25) is 0 Å². The maximum Gasteiger partial charge on any atom is 0.118 e. The first kappa shape index (κ1) is 12.3. The Balaban J connectivity index is 3.11. The topological polar surface area (TPSA) is 56.1 Å². The minimum absolute atomic E-state index is 0.267. The van der Waals surface area contributed by atoms with Gasteiger partial charge in [-0.25, -0.2) is 0 Å². The van der Waals surface area contributed by atoms with Gasteiger partial charge in [-0.2, -0.15) is 0 Å². The van der Waals surface area contributed by atoms with Crippen molar-refractivity contribution in [2.75, 3.05) is 7.05 Å². The molecule has 3 N–H and O–H groups in total. The van der Waals surface area contributed by atoms with Crippen molar-refractivity contribution < 1.29 is 5.11 Å². The summed E-state index contributed by atoms with van der Waals surface area (Å²) in [6.45, 7) is 5.68.